The van der Waals surface area contributed by atoms with Gasteiger partial charge in [0.1, 0.15) is 17.9 Å². The zero-order chi connectivity index (χ0) is 20.8. The van der Waals surface area contributed by atoms with Crippen LogP contribution in [0.1, 0.15) is 24.8 Å². The standard InChI is InChI=1S/C23H27ClN4O2/c24-18-4-7-22-21(14-18)23(26-16-25-22)27-19-8-10-28(11-9-19)15-17-2-5-20(6-3-17)30-13-1-12-29/h2-7,14,16,19,29H,1,8-13,15H2,(H,25,26,27). The predicted octanol–water partition coefficient (Wildman–Crippen LogP) is 4.12. The van der Waals surface area contributed by atoms with E-state index in [9.17, 15) is 0 Å². The molecule has 1 aromatic heterocycles. The first kappa shape index (κ1) is 20.8. The van der Waals surface area contributed by atoms with Crippen LogP contribution in [0.5, 0.6) is 5.75 Å². The molecule has 1 aliphatic rings. The van der Waals surface area contributed by atoms with Crippen LogP contribution < -0.4 is 10.1 Å². The number of anilines is 1. The maximum absolute atomic E-state index is 8.83. The number of piperidine rings is 1. The smallest absolute Gasteiger partial charge is 0.137 e. The number of fused-ring (bicyclic) bond motifs is 1. The fourth-order valence-corrected chi connectivity index (χ4v) is 3.95. The molecule has 4 rings (SSSR count). The lowest BCUT2D eigenvalue weighted by atomic mass is 10.0. The van der Waals surface area contributed by atoms with E-state index in [-0.39, 0.29) is 6.61 Å². The number of hydrogen-bond donors (Lipinski definition) is 2. The monoisotopic (exact) mass is 426 g/mol. The van der Waals surface area contributed by atoms with E-state index in [2.05, 4.69) is 32.3 Å². The van der Waals surface area contributed by atoms with Crippen LogP contribution in [0, 0.1) is 0 Å². The molecule has 0 unspecified atom stereocenters. The van der Waals surface area contributed by atoms with E-state index >= 15 is 0 Å². The molecule has 0 spiro atoms. The zero-order valence-corrected chi connectivity index (χ0v) is 17.7. The molecule has 1 aliphatic heterocycles. The van der Waals surface area contributed by atoms with Gasteiger partial charge < -0.3 is 15.2 Å². The number of ether oxygens (including phenoxy) is 1. The van der Waals surface area contributed by atoms with Crippen LogP contribution in [-0.2, 0) is 6.54 Å². The van der Waals surface area contributed by atoms with E-state index in [0.29, 0.717) is 24.1 Å². The largest absolute Gasteiger partial charge is 0.494 e. The topological polar surface area (TPSA) is 70.5 Å². The Hall–Kier alpha value is -2.41. The summed E-state index contributed by atoms with van der Waals surface area (Å²) in [6.45, 7) is 3.72. The highest BCUT2D eigenvalue weighted by atomic mass is 35.5. The van der Waals surface area contributed by atoms with Crippen LogP contribution in [0.2, 0.25) is 5.02 Å². The number of aliphatic hydroxyl groups excluding tert-OH is 1. The van der Waals surface area contributed by atoms with Crippen molar-refractivity contribution in [1.82, 2.24) is 14.9 Å². The fourth-order valence-electron chi connectivity index (χ4n) is 3.78. The van der Waals surface area contributed by atoms with Gasteiger partial charge in [-0.05, 0) is 48.7 Å². The Balaban J connectivity index is 1.29. The van der Waals surface area contributed by atoms with Gasteiger partial charge in [-0.2, -0.15) is 0 Å². The molecular formula is C23H27ClN4O2. The summed E-state index contributed by atoms with van der Waals surface area (Å²) in [4.78, 5) is 11.2. The third kappa shape index (κ3) is 5.39. The quantitative estimate of drug-likeness (QED) is 0.528. The van der Waals surface area contributed by atoms with Crippen LogP contribution >= 0.6 is 11.6 Å². The summed E-state index contributed by atoms with van der Waals surface area (Å²) in [5, 5.41) is 14.1. The zero-order valence-electron chi connectivity index (χ0n) is 16.9. The molecule has 7 heteroatoms. The minimum atomic E-state index is 0.157. The van der Waals surface area contributed by atoms with Crippen molar-refractivity contribution in [2.24, 2.45) is 0 Å². The molecule has 1 fully saturated rings. The summed E-state index contributed by atoms with van der Waals surface area (Å²) >= 11 is 6.16. The number of nitrogens with one attached hydrogen (secondary N) is 1. The van der Waals surface area contributed by atoms with Crippen molar-refractivity contribution >= 4 is 28.3 Å². The van der Waals surface area contributed by atoms with Gasteiger partial charge in [0.25, 0.3) is 0 Å². The SMILES string of the molecule is OCCCOc1ccc(CN2CCC(Nc3ncnc4ccc(Cl)cc34)CC2)cc1. The van der Waals surface area contributed by atoms with Crippen LogP contribution in [0.3, 0.4) is 0 Å². The van der Waals surface area contributed by atoms with Crippen molar-refractivity contribution in [1.29, 1.82) is 0 Å². The van der Waals surface area contributed by atoms with Crippen LogP contribution in [0.4, 0.5) is 5.82 Å². The molecule has 0 radical (unpaired) electrons. The van der Waals surface area contributed by atoms with Crippen LogP contribution in [-0.4, -0.2) is 52.3 Å². The van der Waals surface area contributed by atoms with Crippen molar-refractivity contribution < 1.29 is 9.84 Å². The molecule has 0 atom stereocenters. The highest BCUT2D eigenvalue weighted by Crippen LogP contribution is 2.25. The molecule has 2 N–H and O–H groups in total. The molecule has 3 aromatic rings. The summed E-state index contributed by atoms with van der Waals surface area (Å²) in [7, 11) is 0. The van der Waals surface area contributed by atoms with E-state index < -0.39 is 0 Å². The van der Waals surface area contributed by atoms with E-state index in [0.717, 1.165) is 54.9 Å². The molecule has 0 bridgehead atoms. The van der Waals surface area contributed by atoms with Gasteiger partial charge in [-0.25, -0.2) is 9.97 Å². The van der Waals surface area contributed by atoms with Gasteiger partial charge >= 0.3 is 0 Å². The van der Waals surface area contributed by atoms with Gasteiger partial charge in [-0.15, -0.1) is 0 Å². The van der Waals surface area contributed by atoms with E-state index in [1.807, 2.05) is 30.3 Å². The normalized spacial score (nSPS) is 15.4. The number of likely N-dealkylation sites (tertiary alicyclic amines) is 1. The second-order valence-corrected chi connectivity index (χ2v) is 8.08. The Morgan fingerprint density at radius 3 is 2.67 bits per heavy atom. The number of hydrogen-bond acceptors (Lipinski definition) is 6. The lowest BCUT2D eigenvalue weighted by Crippen LogP contribution is -2.38. The second kappa shape index (κ2) is 10.1. The number of aromatic nitrogens is 2. The van der Waals surface area contributed by atoms with Gasteiger partial charge in [0.05, 0.1) is 12.1 Å². The molecule has 2 aromatic carbocycles. The van der Waals surface area contributed by atoms with Gasteiger partial charge in [0, 0.05) is 49.1 Å². The molecule has 30 heavy (non-hydrogen) atoms. The number of benzene rings is 2. The molecule has 1 saturated heterocycles. The minimum absolute atomic E-state index is 0.157. The first-order valence-corrected chi connectivity index (χ1v) is 10.8. The molecule has 6 nitrogen and oxygen atoms in total. The molecule has 0 amide bonds. The maximum atomic E-state index is 8.83. The lowest BCUT2D eigenvalue weighted by Gasteiger charge is -2.32. The highest BCUT2D eigenvalue weighted by Gasteiger charge is 2.20. The fraction of sp³-hybridized carbons (Fsp3) is 0.391. The van der Waals surface area contributed by atoms with Gasteiger partial charge in [-0.1, -0.05) is 23.7 Å². The van der Waals surface area contributed by atoms with Gasteiger partial charge in [0.15, 0.2) is 0 Å². The Kier molecular flexibility index (Phi) is 7.00. The van der Waals surface area contributed by atoms with Crippen molar-refractivity contribution in [2.45, 2.75) is 31.8 Å². The summed E-state index contributed by atoms with van der Waals surface area (Å²) in [5.74, 6) is 1.71. The Bertz CT molecular complexity index is 959. The summed E-state index contributed by atoms with van der Waals surface area (Å²) < 4.78 is 5.60. The second-order valence-electron chi connectivity index (χ2n) is 7.65. The van der Waals surface area contributed by atoms with E-state index in [4.69, 9.17) is 21.4 Å². The van der Waals surface area contributed by atoms with Crippen molar-refractivity contribution in [3.05, 3.63) is 59.4 Å². The Morgan fingerprint density at radius 1 is 1.10 bits per heavy atom. The number of aliphatic hydroxyl groups is 1. The first-order valence-electron chi connectivity index (χ1n) is 10.4. The molecule has 158 valence electrons. The third-order valence-electron chi connectivity index (χ3n) is 5.43. The Morgan fingerprint density at radius 2 is 1.90 bits per heavy atom. The van der Waals surface area contributed by atoms with Crippen molar-refractivity contribution in [2.75, 3.05) is 31.6 Å². The lowest BCUT2D eigenvalue weighted by molar-refractivity contribution is 0.211. The minimum Gasteiger partial charge on any atom is -0.494 e. The van der Waals surface area contributed by atoms with Gasteiger partial charge in [-0.3, -0.25) is 4.90 Å². The molecule has 0 aliphatic carbocycles. The number of rotatable bonds is 8. The Labute approximate surface area is 181 Å². The molecule has 0 saturated carbocycles. The maximum Gasteiger partial charge on any atom is 0.137 e. The van der Waals surface area contributed by atoms with Crippen LogP contribution in [0.15, 0.2) is 48.8 Å². The first-order chi connectivity index (χ1) is 14.7. The average molecular weight is 427 g/mol. The predicted molar refractivity (Wildman–Crippen MR) is 120 cm³/mol. The summed E-state index contributed by atoms with van der Waals surface area (Å²) in [5.41, 5.74) is 2.19. The average Bonchev–Trinajstić information content (AvgIpc) is 2.77. The summed E-state index contributed by atoms with van der Waals surface area (Å²) in [6.07, 6.45) is 4.39. The van der Waals surface area contributed by atoms with Crippen molar-refractivity contribution in [3.8, 4) is 5.75 Å². The third-order valence-corrected chi connectivity index (χ3v) is 5.66. The van der Waals surface area contributed by atoms with E-state index in [1.54, 1.807) is 6.33 Å². The van der Waals surface area contributed by atoms with Gasteiger partial charge in [0.2, 0.25) is 0 Å². The number of nitrogens with zero attached hydrogens (tertiary/aromatic N) is 3. The number of halogens is 1. The van der Waals surface area contributed by atoms with Crippen LogP contribution in [0.25, 0.3) is 10.9 Å². The molecule has 2 heterocycles. The van der Waals surface area contributed by atoms with E-state index in [1.165, 1.54) is 5.56 Å². The summed E-state index contributed by atoms with van der Waals surface area (Å²) in [6, 6.07) is 14.3. The highest BCUT2D eigenvalue weighted by molar-refractivity contribution is 6.31. The molecular weight excluding hydrogens is 400 g/mol. The van der Waals surface area contributed by atoms with Crippen molar-refractivity contribution in [3.63, 3.8) is 0 Å².